The smallest absolute Gasteiger partial charge is 0.155 e. The lowest BCUT2D eigenvalue weighted by Gasteiger charge is -2.04. The molecule has 0 saturated heterocycles. The maximum Gasteiger partial charge on any atom is 0.155 e. The van der Waals surface area contributed by atoms with Gasteiger partial charge in [0.25, 0.3) is 0 Å². The van der Waals surface area contributed by atoms with Crippen molar-refractivity contribution in [2.75, 3.05) is 6.54 Å². The van der Waals surface area contributed by atoms with Crippen molar-refractivity contribution in [3.63, 3.8) is 0 Å². The summed E-state index contributed by atoms with van der Waals surface area (Å²) in [6.07, 6.45) is 0.765. The number of imidazole rings is 1. The summed E-state index contributed by atoms with van der Waals surface area (Å²) in [5.74, 6) is 0.414. The fourth-order valence-corrected chi connectivity index (χ4v) is 2.12. The zero-order chi connectivity index (χ0) is 11.7. The monoisotopic (exact) mass is 282 g/mol. The van der Waals surface area contributed by atoms with Crippen LogP contribution in [0.2, 0.25) is 0 Å². The Morgan fingerprint density at radius 1 is 1.44 bits per heavy atom. The molecular weight excluding hydrogens is 268 g/mol. The van der Waals surface area contributed by atoms with Gasteiger partial charge >= 0.3 is 0 Å². The third-order valence-electron chi connectivity index (χ3n) is 2.48. The fraction of sp³-hybridized carbons (Fsp3) is 0.455. The minimum atomic E-state index is 0.414. The minimum absolute atomic E-state index is 0.414. The van der Waals surface area contributed by atoms with Gasteiger partial charge in [-0.05, 0) is 40.5 Å². The molecule has 0 aliphatic carbocycles. The molecule has 0 saturated carbocycles. The Labute approximate surface area is 103 Å². The Morgan fingerprint density at radius 2 is 2.19 bits per heavy atom. The van der Waals surface area contributed by atoms with E-state index in [-0.39, 0.29) is 0 Å². The number of fused-ring (bicyclic) bond motifs is 1. The van der Waals surface area contributed by atoms with E-state index in [9.17, 15) is 0 Å². The van der Waals surface area contributed by atoms with Crippen LogP contribution in [0.3, 0.4) is 0 Å². The molecule has 2 aromatic heterocycles. The highest BCUT2D eigenvalue weighted by molar-refractivity contribution is 9.10. The second-order valence-electron chi connectivity index (χ2n) is 4.07. The molecule has 0 radical (unpaired) electrons. The van der Waals surface area contributed by atoms with Gasteiger partial charge in [-0.3, -0.25) is 0 Å². The van der Waals surface area contributed by atoms with E-state index in [2.05, 4.69) is 39.9 Å². The molecule has 0 fully saturated rings. The fourth-order valence-electron chi connectivity index (χ4n) is 1.57. The van der Waals surface area contributed by atoms with Crippen LogP contribution in [0.25, 0.3) is 5.65 Å². The van der Waals surface area contributed by atoms with Crippen molar-refractivity contribution in [1.82, 2.24) is 14.6 Å². The molecule has 2 rings (SSSR count). The average Bonchev–Trinajstić information content (AvgIpc) is 2.56. The lowest BCUT2D eigenvalue weighted by Crippen LogP contribution is -2.03. The van der Waals surface area contributed by atoms with Crippen molar-refractivity contribution >= 4 is 21.6 Å². The number of nitrogens with two attached hydrogens (primary N) is 1. The molecule has 0 aromatic carbocycles. The largest absolute Gasteiger partial charge is 0.330 e. The van der Waals surface area contributed by atoms with Gasteiger partial charge in [-0.2, -0.15) is 5.10 Å². The summed E-state index contributed by atoms with van der Waals surface area (Å²) in [4.78, 5) is 4.48. The Balaban J connectivity index is 2.55. The number of rotatable bonds is 3. The first kappa shape index (κ1) is 11.5. The highest BCUT2D eigenvalue weighted by Crippen LogP contribution is 2.20. The van der Waals surface area contributed by atoms with Gasteiger partial charge in [0.1, 0.15) is 4.60 Å². The van der Waals surface area contributed by atoms with Crippen molar-refractivity contribution in [2.24, 2.45) is 5.73 Å². The predicted octanol–water partition coefficient (Wildman–Crippen LogP) is 2.12. The number of aromatic nitrogens is 3. The molecule has 86 valence electrons. The molecule has 0 unspecified atom stereocenters. The Bertz CT molecular complexity index is 504. The number of nitrogens with zero attached hydrogens (tertiary/aromatic N) is 3. The van der Waals surface area contributed by atoms with Crippen molar-refractivity contribution in [1.29, 1.82) is 0 Å². The lowest BCUT2D eigenvalue weighted by atomic mass is 10.1. The predicted molar refractivity (Wildman–Crippen MR) is 67.5 cm³/mol. The normalized spacial score (nSPS) is 11.6. The summed E-state index contributed by atoms with van der Waals surface area (Å²) in [5, 5.41) is 4.54. The molecule has 0 aliphatic rings. The quantitative estimate of drug-likeness (QED) is 0.938. The van der Waals surface area contributed by atoms with Crippen LogP contribution in [-0.2, 0) is 6.42 Å². The molecule has 2 heterocycles. The SMILES string of the molecule is CC(C)c1ccc2nc(CCN)c(Br)n2n1. The average molecular weight is 283 g/mol. The van der Waals surface area contributed by atoms with E-state index in [0.29, 0.717) is 12.5 Å². The highest BCUT2D eigenvalue weighted by atomic mass is 79.9. The zero-order valence-electron chi connectivity index (χ0n) is 9.44. The first-order valence-electron chi connectivity index (χ1n) is 5.37. The van der Waals surface area contributed by atoms with E-state index in [1.807, 2.05) is 16.6 Å². The number of hydrogen-bond donors (Lipinski definition) is 1. The van der Waals surface area contributed by atoms with Gasteiger partial charge in [-0.25, -0.2) is 9.50 Å². The van der Waals surface area contributed by atoms with E-state index in [4.69, 9.17) is 5.73 Å². The van der Waals surface area contributed by atoms with Crippen LogP contribution in [-0.4, -0.2) is 21.1 Å². The molecule has 0 spiro atoms. The molecule has 0 aliphatic heterocycles. The van der Waals surface area contributed by atoms with Gasteiger partial charge in [0.2, 0.25) is 0 Å². The van der Waals surface area contributed by atoms with Crippen LogP contribution in [0.4, 0.5) is 0 Å². The van der Waals surface area contributed by atoms with E-state index in [0.717, 1.165) is 28.1 Å². The lowest BCUT2D eigenvalue weighted by molar-refractivity contribution is 0.756. The molecular formula is C11H15BrN4. The molecule has 0 atom stereocenters. The van der Waals surface area contributed by atoms with Gasteiger partial charge in [-0.1, -0.05) is 13.8 Å². The second kappa shape index (κ2) is 4.51. The van der Waals surface area contributed by atoms with Crippen LogP contribution >= 0.6 is 15.9 Å². The number of halogens is 1. The summed E-state index contributed by atoms with van der Waals surface area (Å²) in [6.45, 7) is 4.85. The van der Waals surface area contributed by atoms with Crippen molar-refractivity contribution in [3.8, 4) is 0 Å². The summed E-state index contributed by atoms with van der Waals surface area (Å²) >= 11 is 3.52. The molecule has 2 N–H and O–H groups in total. The summed E-state index contributed by atoms with van der Waals surface area (Å²) in [7, 11) is 0. The zero-order valence-corrected chi connectivity index (χ0v) is 11.0. The van der Waals surface area contributed by atoms with E-state index in [1.54, 1.807) is 0 Å². The maximum absolute atomic E-state index is 5.54. The van der Waals surface area contributed by atoms with Gasteiger partial charge in [0.15, 0.2) is 5.65 Å². The molecule has 2 aromatic rings. The topological polar surface area (TPSA) is 56.2 Å². The van der Waals surface area contributed by atoms with E-state index >= 15 is 0 Å². The Hall–Kier alpha value is -0.940. The third-order valence-corrected chi connectivity index (χ3v) is 3.28. The minimum Gasteiger partial charge on any atom is -0.330 e. The first-order valence-corrected chi connectivity index (χ1v) is 6.17. The van der Waals surface area contributed by atoms with Crippen molar-refractivity contribution in [3.05, 3.63) is 28.1 Å². The molecule has 4 nitrogen and oxygen atoms in total. The van der Waals surface area contributed by atoms with Crippen LogP contribution in [0.5, 0.6) is 0 Å². The molecule has 0 bridgehead atoms. The Kier molecular flexibility index (Phi) is 3.25. The molecule has 5 heteroatoms. The second-order valence-corrected chi connectivity index (χ2v) is 4.82. The standard InChI is InChI=1S/C11H15BrN4/c1-7(2)8-3-4-10-14-9(5-6-13)11(12)16(10)15-8/h3-4,7H,5-6,13H2,1-2H3. The summed E-state index contributed by atoms with van der Waals surface area (Å²) in [5.41, 5.74) is 8.43. The Morgan fingerprint density at radius 3 is 2.81 bits per heavy atom. The van der Waals surface area contributed by atoms with Crippen LogP contribution in [0.15, 0.2) is 16.7 Å². The van der Waals surface area contributed by atoms with Gasteiger partial charge in [0.05, 0.1) is 11.4 Å². The molecule has 16 heavy (non-hydrogen) atoms. The van der Waals surface area contributed by atoms with Gasteiger partial charge < -0.3 is 5.73 Å². The highest BCUT2D eigenvalue weighted by Gasteiger charge is 2.11. The van der Waals surface area contributed by atoms with Crippen molar-refractivity contribution in [2.45, 2.75) is 26.2 Å². The van der Waals surface area contributed by atoms with E-state index in [1.165, 1.54) is 0 Å². The molecule has 0 amide bonds. The summed E-state index contributed by atoms with van der Waals surface area (Å²) < 4.78 is 2.75. The third kappa shape index (κ3) is 1.97. The number of hydrogen-bond acceptors (Lipinski definition) is 3. The maximum atomic E-state index is 5.54. The first-order chi connectivity index (χ1) is 7.63. The van der Waals surface area contributed by atoms with E-state index < -0.39 is 0 Å². The van der Waals surface area contributed by atoms with Crippen molar-refractivity contribution < 1.29 is 0 Å². The van der Waals surface area contributed by atoms with Crippen LogP contribution in [0, 0.1) is 0 Å². The van der Waals surface area contributed by atoms with Gasteiger partial charge in [0, 0.05) is 6.42 Å². The summed E-state index contributed by atoms with van der Waals surface area (Å²) in [6, 6.07) is 4.01. The van der Waals surface area contributed by atoms with Crippen LogP contribution in [0.1, 0.15) is 31.2 Å². The van der Waals surface area contributed by atoms with Gasteiger partial charge in [-0.15, -0.1) is 0 Å². The van der Waals surface area contributed by atoms with Crippen LogP contribution < -0.4 is 5.73 Å².